The summed E-state index contributed by atoms with van der Waals surface area (Å²) < 4.78 is 0. The molecule has 0 radical (unpaired) electrons. The third-order valence-electron chi connectivity index (χ3n) is 3.62. The maximum Gasteiger partial charge on any atom is 0.252 e. The highest BCUT2D eigenvalue weighted by atomic mass is 16.3. The lowest BCUT2D eigenvalue weighted by molar-refractivity contribution is 0.0958. The first kappa shape index (κ1) is 19.2. The number of rotatable bonds is 7. The summed E-state index contributed by atoms with van der Waals surface area (Å²) in [5, 5.41) is 24.0. The van der Waals surface area contributed by atoms with Crippen LogP contribution < -0.4 is 10.6 Å². The van der Waals surface area contributed by atoms with Gasteiger partial charge in [0.25, 0.3) is 5.91 Å². The smallest absolute Gasteiger partial charge is 0.252 e. The van der Waals surface area contributed by atoms with Crippen molar-refractivity contribution in [1.82, 2.24) is 10.6 Å². The highest BCUT2D eigenvalue weighted by Gasteiger charge is 2.04. The van der Waals surface area contributed by atoms with Gasteiger partial charge in [-0.15, -0.1) is 11.0 Å². The normalized spacial score (nSPS) is 10.4. The number of phenolic OH excluding ortho intramolecular Hbond substituents is 1. The van der Waals surface area contributed by atoms with E-state index >= 15 is 0 Å². The van der Waals surface area contributed by atoms with E-state index in [-0.39, 0.29) is 11.7 Å². The fourth-order valence-electron chi connectivity index (χ4n) is 2.18. The zero-order valence-corrected chi connectivity index (χ0v) is 14.9. The Bertz CT molecular complexity index is 833. The number of likely N-dealkylation sites (N-methyl/N-ethyl adjacent to an activating group) is 1. The number of amides is 1. The van der Waals surface area contributed by atoms with Gasteiger partial charge in [-0.1, -0.05) is 12.0 Å². The number of hydrogen-bond donors (Lipinski definition) is 3. The molecule has 6 heteroatoms. The van der Waals surface area contributed by atoms with Gasteiger partial charge in [-0.3, -0.25) is 4.79 Å². The van der Waals surface area contributed by atoms with Gasteiger partial charge in [0.2, 0.25) is 0 Å². The summed E-state index contributed by atoms with van der Waals surface area (Å²) in [6.07, 6.45) is 0.828. The van der Waals surface area contributed by atoms with Crippen LogP contribution in [-0.4, -0.2) is 31.2 Å². The highest BCUT2D eigenvalue weighted by molar-refractivity contribution is 5.94. The summed E-state index contributed by atoms with van der Waals surface area (Å²) in [5.74, 6) is 5.40. The number of hydrogen-bond acceptors (Lipinski definition) is 5. The Balaban J connectivity index is 2.01. The lowest BCUT2D eigenvalue weighted by Crippen LogP contribution is -2.23. The number of azo groups is 1. The first-order valence-electron chi connectivity index (χ1n) is 8.30. The molecule has 0 aromatic heterocycles. The van der Waals surface area contributed by atoms with E-state index in [1.54, 1.807) is 43.3 Å². The maximum atomic E-state index is 11.9. The Kier molecular flexibility index (Phi) is 7.34. The Morgan fingerprint density at radius 1 is 1.15 bits per heavy atom. The molecule has 0 saturated carbocycles. The van der Waals surface area contributed by atoms with Crippen LogP contribution in [0.3, 0.4) is 0 Å². The van der Waals surface area contributed by atoms with Crippen LogP contribution in [0.15, 0.2) is 52.7 Å². The van der Waals surface area contributed by atoms with Gasteiger partial charge in [0.1, 0.15) is 11.4 Å². The van der Waals surface area contributed by atoms with E-state index in [9.17, 15) is 9.90 Å². The van der Waals surface area contributed by atoms with Crippen molar-refractivity contribution < 1.29 is 9.90 Å². The van der Waals surface area contributed by atoms with Crippen LogP contribution in [-0.2, 0) is 6.42 Å². The van der Waals surface area contributed by atoms with Gasteiger partial charge >= 0.3 is 0 Å². The van der Waals surface area contributed by atoms with Crippen LogP contribution in [0.5, 0.6) is 5.75 Å². The molecule has 0 atom stereocenters. The Morgan fingerprint density at radius 2 is 1.92 bits per heavy atom. The lowest BCUT2D eigenvalue weighted by atomic mass is 10.1. The predicted molar refractivity (Wildman–Crippen MR) is 102 cm³/mol. The topological polar surface area (TPSA) is 86.1 Å². The van der Waals surface area contributed by atoms with E-state index in [4.69, 9.17) is 0 Å². The second-order valence-corrected chi connectivity index (χ2v) is 5.53. The van der Waals surface area contributed by atoms with Crippen molar-refractivity contribution in [2.24, 2.45) is 10.2 Å². The first-order chi connectivity index (χ1) is 12.6. The summed E-state index contributed by atoms with van der Waals surface area (Å²) >= 11 is 0. The fraction of sp³-hybridized carbons (Fsp3) is 0.250. The number of phenols is 1. The van der Waals surface area contributed by atoms with Crippen molar-refractivity contribution in [2.45, 2.75) is 13.3 Å². The van der Waals surface area contributed by atoms with Crippen molar-refractivity contribution in [1.29, 1.82) is 0 Å². The highest BCUT2D eigenvalue weighted by Crippen LogP contribution is 2.29. The van der Waals surface area contributed by atoms with Gasteiger partial charge in [0.05, 0.1) is 12.2 Å². The molecular formula is C20H22N4O2. The summed E-state index contributed by atoms with van der Waals surface area (Å²) in [7, 11) is 1.89. The molecule has 0 spiro atoms. The van der Waals surface area contributed by atoms with Gasteiger partial charge in [-0.2, -0.15) is 5.11 Å². The number of carbonyl (C=O) groups is 1. The molecule has 2 aromatic carbocycles. The number of carbonyl (C=O) groups excluding carboxylic acids is 1. The Morgan fingerprint density at radius 3 is 2.58 bits per heavy atom. The van der Waals surface area contributed by atoms with Gasteiger partial charge < -0.3 is 15.7 Å². The molecule has 6 nitrogen and oxygen atoms in total. The second kappa shape index (κ2) is 9.97. The van der Waals surface area contributed by atoms with E-state index in [0.717, 1.165) is 18.5 Å². The SMILES string of the molecule is CC#CCNC(=O)c1ccc(N=Nc2ccc(CCNC)cc2O)cc1. The molecule has 0 unspecified atom stereocenters. The quantitative estimate of drug-likeness (QED) is 0.529. The molecule has 0 bridgehead atoms. The van der Waals surface area contributed by atoms with Crippen molar-refractivity contribution in [3.63, 3.8) is 0 Å². The Hall–Kier alpha value is -3.17. The van der Waals surface area contributed by atoms with Crippen LogP contribution in [0.1, 0.15) is 22.8 Å². The molecular weight excluding hydrogens is 328 g/mol. The Labute approximate surface area is 153 Å². The molecule has 1 amide bonds. The average Bonchev–Trinajstić information content (AvgIpc) is 2.66. The minimum Gasteiger partial charge on any atom is -0.506 e. The summed E-state index contributed by atoms with van der Waals surface area (Å²) in [6, 6.07) is 12.1. The molecule has 0 heterocycles. The van der Waals surface area contributed by atoms with Crippen molar-refractivity contribution in [2.75, 3.05) is 20.1 Å². The molecule has 2 aromatic rings. The van der Waals surface area contributed by atoms with E-state index in [1.807, 2.05) is 13.1 Å². The minimum atomic E-state index is -0.189. The second-order valence-electron chi connectivity index (χ2n) is 5.53. The van der Waals surface area contributed by atoms with Gasteiger partial charge in [0.15, 0.2) is 0 Å². The predicted octanol–water partition coefficient (Wildman–Crippen LogP) is 3.32. The van der Waals surface area contributed by atoms with Crippen LogP contribution in [0.4, 0.5) is 11.4 Å². The van der Waals surface area contributed by atoms with Crippen molar-refractivity contribution in [3.8, 4) is 17.6 Å². The van der Waals surface area contributed by atoms with Crippen LogP contribution in [0, 0.1) is 11.8 Å². The molecule has 0 aliphatic carbocycles. The molecule has 134 valence electrons. The van der Waals surface area contributed by atoms with E-state index in [0.29, 0.717) is 23.5 Å². The zero-order chi connectivity index (χ0) is 18.8. The van der Waals surface area contributed by atoms with E-state index < -0.39 is 0 Å². The van der Waals surface area contributed by atoms with Crippen LogP contribution in [0.2, 0.25) is 0 Å². The molecule has 0 fully saturated rings. The van der Waals surface area contributed by atoms with E-state index in [2.05, 4.69) is 32.7 Å². The van der Waals surface area contributed by atoms with Crippen molar-refractivity contribution >= 4 is 17.3 Å². The van der Waals surface area contributed by atoms with Gasteiger partial charge in [-0.05, 0) is 68.9 Å². The molecule has 3 N–H and O–H groups in total. The van der Waals surface area contributed by atoms with Gasteiger partial charge in [0, 0.05) is 5.56 Å². The molecule has 2 rings (SSSR count). The largest absolute Gasteiger partial charge is 0.506 e. The zero-order valence-electron chi connectivity index (χ0n) is 14.9. The van der Waals surface area contributed by atoms with Gasteiger partial charge in [-0.25, -0.2) is 0 Å². The molecule has 0 aliphatic rings. The number of nitrogens with zero attached hydrogens (tertiary/aromatic N) is 2. The first-order valence-corrected chi connectivity index (χ1v) is 8.30. The van der Waals surface area contributed by atoms with Crippen LogP contribution in [0.25, 0.3) is 0 Å². The van der Waals surface area contributed by atoms with Crippen molar-refractivity contribution in [3.05, 3.63) is 53.6 Å². The number of benzene rings is 2. The molecule has 26 heavy (non-hydrogen) atoms. The minimum absolute atomic E-state index is 0.0929. The standard InChI is InChI=1S/C20H22N4O2/c1-3-4-12-22-20(26)16-6-8-17(9-7-16)23-24-18-10-5-15(11-13-21-2)14-19(18)25/h5-10,14,21,25H,11-13H2,1-2H3,(H,22,26). The maximum absolute atomic E-state index is 11.9. The third kappa shape index (κ3) is 5.72. The summed E-state index contributed by atoms with van der Waals surface area (Å²) in [6.45, 7) is 2.88. The third-order valence-corrected chi connectivity index (χ3v) is 3.62. The van der Waals surface area contributed by atoms with E-state index in [1.165, 1.54) is 0 Å². The van der Waals surface area contributed by atoms with Crippen LogP contribution >= 0.6 is 0 Å². The number of nitrogens with one attached hydrogen (secondary N) is 2. The average molecular weight is 350 g/mol. The monoisotopic (exact) mass is 350 g/mol. The fourth-order valence-corrected chi connectivity index (χ4v) is 2.18. The molecule has 0 aliphatic heterocycles. The summed E-state index contributed by atoms with van der Waals surface area (Å²) in [4.78, 5) is 11.9. The number of aromatic hydroxyl groups is 1. The molecule has 0 saturated heterocycles. The summed E-state index contributed by atoms with van der Waals surface area (Å²) in [5.41, 5.74) is 2.55. The lowest BCUT2D eigenvalue weighted by Gasteiger charge is -2.04.